The lowest BCUT2D eigenvalue weighted by Gasteiger charge is -2.22. The van der Waals surface area contributed by atoms with Crippen LogP contribution in [0.4, 0.5) is 19.0 Å². The maximum absolute atomic E-state index is 15.0. The van der Waals surface area contributed by atoms with Gasteiger partial charge in [0.1, 0.15) is 23.5 Å². The molecule has 0 aliphatic carbocycles. The number of ether oxygens (including phenoxy) is 1. The fourth-order valence-corrected chi connectivity index (χ4v) is 6.19. The van der Waals surface area contributed by atoms with E-state index in [0.717, 1.165) is 56.5 Å². The third kappa shape index (κ3) is 15.3. The molecule has 1 saturated heterocycles. The second-order valence-corrected chi connectivity index (χ2v) is 13.6. The Hall–Kier alpha value is -4.27. The molecule has 0 spiro atoms. The molecule has 0 radical (unpaired) electrons. The molecule has 1 unspecified atom stereocenters. The summed E-state index contributed by atoms with van der Waals surface area (Å²) < 4.78 is 73.6. The van der Waals surface area contributed by atoms with E-state index in [4.69, 9.17) is 19.5 Å². The zero-order chi connectivity index (χ0) is 38.5. The number of hydrogen-bond donors (Lipinski definition) is 4. The first-order valence-electron chi connectivity index (χ1n) is 17.5. The van der Waals surface area contributed by atoms with Gasteiger partial charge in [-0.25, -0.2) is 18.8 Å². The number of nitrogens with two attached hydrogens (primary N) is 1. The topological polar surface area (TPSA) is 167 Å². The van der Waals surface area contributed by atoms with Crippen molar-refractivity contribution in [1.82, 2.24) is 20.0 Å². The molecular weight excluding hydrogens is 714 g/mol. The number of unbranched alkanes of at least 4 members (excludes halogenated alkanes) is 1. The molecule has 12 nitrogen and oxygen atoms in total. The number of benzene rings is 1. The number of halogens is 3. The summed E-state index contributed by atoms with van der Waals surface area (Å²) in [7, 11) is -4.38. The standard InChI is InChI=1S/C37H49F3N5O7P/c1-2-3-4-5-6-7-8-9-10-11-12-13-14-15-16-17-18-19-33(46)42-25-26-43-53(49,52-30-22-20-29(38)21-23-30)50-28-31-34(47)37(39,40)35(51-31)45-27-24-32(41)44-36(45)48/h3-4,6-7,9-10,12-13,15-16,20-24,27,31,34-35,47H,2,5,8,11,14,17-19,25-26,28H2,1H3,(H,42,46)(H,43,49)(H2,41,44,48)/b4-3-,7-6-,10-9-,13-12-,16-15-/t31-,34-,35-,53?/m1/s1. The van der Waals surface area contributed by atoms with E-state index in [0.29, 0.717) is 17.4 Å². The molecule has 0 saturated carbocycles. The Balaban J connectivity index is 1.40. The maximum atomic E-state index is 15.0. The van der Waals surface area contributed by atoms with Gasteiger partial charge in [0.25, 0.3) is 0 Å². The molecule has 2 aromatic rings. The molecule has 0 bridgehead atoms. The number of nitrogens with one attached hydrogen (secondary N) is 2. The summed E-state index contributed by atoms with van der Waals surface area (Å²) in [6.07, 6.45) is 21.8. The first-order valence-corrected chi connectivity index (χ1v) is 19.0. The number of alkyl halides is 2. The average Bonchev–Trinajstić information content (AvgIpc) is 3.35. The lowest BCUT2D eigenvalue weighted by Crippen LogP contribution is -2.42. The molecule has 5 N–H and O–H groups in total. The fourth-order valence-electron chi connectivity index (χ4n) is 4.85. The number of amides is 1. The van der Waals surface area contributed by atoms with Gasteiger partial charge in [-0.2, -0.15) is 13.8 Å². The molecule has 2 heterocycles. The molecule has 1 aliphatic heterocycles. The maximum Gasteiger partial charge on any atom is 0.458 e. The molecule has 3 rings (SSSR count). The zero-order valence-electron chi connectivity index (χ0n) is 29.7. The van der Waals surface area contributed by atoms with Crippen LogP contribution in [0.25, 0.3) is 0 Å². The van der Waals surface area contributed by atoms with Crippen molar-refractivity contribution < 1.29 is 41.4 Å². The minimum Gasteiger partial charge on any atom is -0.413 e. The molecule has 16 heteroatoms. The number of aliphatic hydroxyl groups is 1. The van der Waals surface area contributed by atoms with Gasteiger partial charge in [0.05, 0.1) is 6.61 Å². The summed E-state index contributed by atoms with van der Waals surface area (Å²) >= 11 is 0. The Morgan fingerprint density at radius 1 is 1.00 bits per heavy atom. The van der Waals surface area contributed by atoms with Crippen molar-refractivity contribution in [3.63, 3.8) is 0 Å². The van der Waals surface area contributed by atoms with Crippen LogP contribution in [0.15, 0.2) is 102 Å². The number of allylic oxidation sites excluding steroid dienone is 10. The number of hydrogen-bond acceptors (Lipinski definition) is 9. The summed E-state index contributed by atoms with van der Waals surface area (Å²) in [6.45, 7) is 1.14. The number of nitrogens with zero attached hydrogens (tertiary/aromatic N) is 2. The highest BCUT2D eigenvalue weighted by Gasteiger charge is 2.60. The van der Waals surface area contributed by atoms with E-state index in [1.54, 1.807) is 0 Å². The van der Waals surface area contributed by atoms with Gasteiger partial charge in [0.15, 0.2) is 6.10 Å². The Morgan fingerprint density at radius 2 is 1.60 bits per heavy atom. The molecule has 1 aromatic carbocycles. The number of rotatable bonds is 23. The third-order valence-electron chi connectivity index (χ3n) is 7.62. The van der Waals surface area contributed by atoms with E-state index < -0.39 is 50.2 Å². The van der Waals surface area contributed by atoms with Gasteiger partial charge in [-0.15, -0.1) is 0 Å². The average molecular weight is 764 g/mol. The Labute approximate surface area is 307 Å². The van der Waals surface area contributed by atoms with Crippen molar-refractivity contribution in [3.8, 4) is 5.75 Å². The predicted molar refractivity (Wildman–Crippen MR) is 198 cm³/mol. The lowest BCUT2D eigenvalue weighted by atomic mass is 10.1. The molecule has 1 fully saturated rings. The van der Waals surface area contributed by atoms with Crippen molar-refractivity contribution in [1.29, 1.82) is 0 Å². The first-order chi connectivity index (χ1) is 25.4. The predicted octanol–water partition coefficient (Wildman–Crippen LogP) is 6.69. The van der Waals surface area contributed by atoms with Crippen molar-refractivity contribution in [2.24, 2.45) is 0 Å². The molecule has 290 valence electrons. The minimum absolute atomic E-state index is 0.0103. The molecular formula is C37H49F3N5O7P. The summed E-state index contributed by atoms with van der Waals surface area (Å²) in [5.74, 6) is -5.07. The van der Waals surface area contributed by atoms with Gasteiger partial charge >= 0.3 is 19.4 Å². The van der Waals surface area contributed by atoms with Crippen LogP contribution >= 0.6 is 7.75 Å². The largest absolute Gasteiger partial charge is 0.458 e. The minimum atomic E-state index is -4.38. The summed E-state index contributed by atoms with van der Waals surface area (Å²) in [6, 6.07) is 5.56. The van der Waals surface area contributed by atoms with Crippen molar-refractivity contribution in [2.75, 3.05) is 25.4 Å². The van der Waals surface area contributed by atoms with Crippen LogP contribution in [-0.2, 0) is 18.6 Å². The molecule has 1 amide bonds. The number of anilines is 1. The van der Waals surface area contributed by atoms with E-state index in [2.05, 4.69) is 70.9 Å². The Kier molecular flexibility index (Phi) is 18.5. The van der Waals surface area contributed by atoms with E-state index in [9.17, 15) is 32.4 Å². The normalized spacial score (nSPS) is 20.0. The van der Waals surface area contributed by atoms with Gasteiger partial charge in [-0.1, -0.05) is 67.7 Å². The molecule has 1 aliphatic rings. The van der Waals surface area contributed by atoms with Crippen molar-refractivity contribution in [3.05, 3.63) is 114 Å². The lowest BCUT2D eigenvalue weighted by molar-refractivity contribution is -0.140. The van der Waals surface area contributed by atoms with E-state index in [1.165, 1.54) is 12.1 Å². The highest BCUT2D eigenvalue weighted by atomic mass is 31.2. The van der Waals surface area contributed by atoms with E-state index in [1.807, 2.05) is 12.2 Å². The van der Waals surface area contributed by atoms with E-state index >= 15 is 0 Å². The van der Waals surface area contributed by atoms with Crippen LogP contribution in [0.2, 0.25) is 0 Å². The Bertz CT molecular complexity index is 1680. The number of carbonyl (C=O) groups is 1. The highest BCUT2D eigenvalue weighted by Crippen LogP contribution is 2.47. The van der Waals surface area contributed by atoms with E-state index in [-0.39, 0.29) is 37.0 Å². The van der Waals surface area contributed by atoms with Crippen LogP contribution in [0.5, 0.6) is 5.75 Å². The van der Waals surface area contributed by atoms with Crippen LogP contribution in [0.3, 0.4) is 0 Å². The molecule has 1 aromatic heterocycles. The first kappa shape index (κ1) is 43.1. The van der Waals surface area contributed by atoms with Crippen LogP contribution in [0, 0.1) is 5.82 Å². The van der Waals surface area contributed by atoms with Gasteiger partial charge in [0, 0.05) is 25.7 Å². The zero-order valence-corrected chi connectivity index (χ0v) is 30.6. The monoisotopic (exact) mass is 763 g/mol. The quantitative estimate of drug-likeness (QED) is 0.0544. The number of aromatic nitrogens is 2. The fraction of sp³-hybridized carbons (Fsp3) is 0.432. The second kappa shape index (κ2) is 22.7. The van der Waals surface area contributed by atoms with Crippen LogP contribution in [-0.4, -0.2) is 58.4 Å². The van der Waals surface area contributed by atoms with Gasteiger partial charge in [-0.3, -0.25) is 13.9 Å². The second-order valence-electron chi connectivity index (χ2n) is 11.9. The number of aliphatic hydroxyl groups excluding tert-OH is 1. The molecule has 53 heavy (non-hydrogen) atoms. The van der Waals surface area contributed by atoms with Gasteiger partial charge < -0.3 is 25.4 Å². The van der Waals surface area contributed by atoms with Gasteiger partial charge in [-0.05, 0) is 75.3 Å². The highest BCUT2D eigenvalue weighted by molar-refractivity contribution is 7.52. The number of carbonyl (C=O) groups excluding carboxylic acids is 1. The van der Waals surface area contributed by atoms with Crippen LogP contribution < -0.4 is 26.4 Å². The Morgan fingerprint density at radius 3 is 2.21 bits per heavy atom. The third-order valence-corrected chi connectivity index (χ3v) is 9.17. The smallest absolute Gasteiger partial charge is 0.413 e. The SMILES string of the molecule is CC/C=C\C/C=C\C/C=C\C/C=C\C/C=C\CCCC(=O)NCCNP(=O)(OC[C@H]1O[C@@H](n2ccc(N)nc2=O)C(F)(F)[C@@H]1O)Oc1ccc(F)cc1. The van der Waals surface area contributed by atoms with Crippen LogP contribution in [0.1, 0.15) is 64.5 Å². The van der Waals surface area contributed by atoms with Crippen molar-refractivity contribution >= 4 is 19.5 Å². The summed E-state index contributed by atoms with van der Waals surface area (Å²) in [5.41, 5.74) is 4.30. The molecule has 4 atom stereocenters. The summed E-state index contributed by atoms with van der Waals surface area (Å²) in [5, 5.41) is 15.6. The number of nitrogen functional groups attached to an aromatic ring is 1. The van der Waals surface area contributed by atoms with Gasteiger partial charge in [0.2, 0.25) is 12.1 Å². The van der Waals surface area contributed by atoms with Crippen molar-refractivity contribution in [2.45, 2.75) is 82.6 Å². The summed E-state index contributed by atoms with van der Waals surface area (Å²) in [4.78, 5) is 27.9.